The van der Waals surface area contributed by atoms with E-state index in [9.17, 15) is 17.6 Å². The summed E-state index contributed by atoms with van der Waals surface area (Å²) < 4.78 is 42.0. The number of hydrogen-bond donors (Lipinski definition) is 2. The van der Waals surface area contributed by atoms with Crippen molar-refractivity contribution in [1.82, 2.24) is 4.72 Å². The lowest BCUT2D eigenvalue weighted by molar-refractivity contribution is -0.121. The van der Waals surface area contributed by atoms with E-state index in [4.69, 9.17) is 0 Å². The highest BCUT2D eigenvalue weighted by atomic mass is 79.9. The molecule has 1 aliphatic rings. The van der Waals surface area contributed by atoms with E-state index < -0.39 is 10.0 Å². The predicted octanol–water partition coefficient (Wildman–Crippen LogP) is 4.68. The molecule has 0 atom stereocenters. The second-order valence-electron chi connectivity index (χ2n) is 7.08. The van der Waals surface area contributed by atoms with Gasteiger partial charge in [0.2, 0.25) is 15.9 Å². The molecule has 1 aliphatic carbocycles. The number of halogens is 2. The van der Waals surface area contributed by atoms with Crippen molar-refractivity contribution in [3.05, 3.63) is 45.5 Å². The molecular weight excluding hydrogens is 467 g/mol. The van der Waals surface area contributed by atoms with Gasteiger partial charge < -0.3 is 5.32 Å². The van der Waals surface area contributed by atoms with E-state index >= 15 is 0 Å². The molecule has 28 heavy (non-hydrogen) atoms. The predicted molar refractivity (Wildman–Crippen MR) is 112 cm³/mol. The molecule has 152 valence electrons. The zero-order valence-corrected chi connectivity index (χ0v) is 18.6. The third kappa shape index (κ3) is 5.40. The van der Waals surface area contributed by atoms with Gasteiger partial charge >= 0.3 is 0 Å². The third-order valence-electron chi connectivity index (χ3n) is 5.03. The summed E-state index contributed by atoms with van der Waals surface area (Å²) in [5, 5.41) is 2.78. The van der Waals surface area contributed by atoms with Crippen LogP contribution in [0, 0.1) is 24.6 Å². The molecule has 1 aromatic carbocycles. The number of anilines is 1. The van der Waals surface area contributed by atoms with E-state index in [0.29, 0.717) is 30.6 Å². The molecule has 1 saturated carbocycles. The Bertz CT molecular complexity index is 954. The molecule has 0 bridgehead atoms. The van der Waals surface area contributed by atoms with Crippen molar-refractivity contribution in [2.24, 2.45) is 11.8 Å². The van der Waals surface area contributed by atoms with Gasteiger partial charge in [0.05, 0.1) is 3.79 Å². The first kappa shape index (κ1) is 21.4. The Balaban J connectivity index is 1.47. The van der Waals surface area contributed by atoms with Crippen LogP contribution in [0.5, 0.6) is 0 Å². The maximum atomic E-state index is 13.6. The summed E-state index contributed by atoms with van der Waals surface area (Å²) in [6.07, 6.45) is 2.93. The number of sulfonamides is 1. The lowest BCUT2D eigenvalue weighted by Crippen LogP contribution is -2.33. The maximum Gasteiger partial charge on any atom is 0.250 e. The molecule has 9 heteroatoms. The number of carbonyl (C=O) groups is 1. The Kier molecular flexibility index (Phi) is 6.90. The van der Waals surface area contributed by atoms with Gasteiger partial charge in [-0.2, -0.15) is 0 Å². The van der Waals surface area contributed by atoms with Crippen molar-refractivity contribution in [3.8, 4) is 0 Å². The normalized spacial score (nSPS) is 20.1. The Hall–Kier alpha value is -1.29. The number of thiophene rings is 1. The molecule has 2 aromatic rings. The third-order valence-corrected chi connectivity index (χ3v) is 8.57. The van der Waals surface area contributed by atoms with Crippen molar-refractivity contribution < 1.29 is 17.6 Å². The number of nitrogens with one attached hydrogen (secondary N) is 2. The van der Waals surface area contributed by atoms with Crippen molar-refractivity contribution in [3.63, 3.8) is 0 Å². The Morgan fingerprint density at radius 3 is 2.54 bits per heavy atom. The fourth-order valence-electron chi connectivity index (χ4n) is 3.28. The van der Waals surface area contributed by atoms with Crippen LogP contribution in [0.2, 0.25) is 0 Å². The van der Waals surface area contributed by atoms with Gasteiger partial charge in [0, 0.05) is 18.2 Å². The number of aryl methyl sites for hydroxylation is 1. The first-order valence-electron chi connectivity index (χ1n) is 9.06. The number of amides is 1. The van der Waals surface area contributed by atoms with Gasteiger partial charge in [-0.05, 0) is 84.3 Å². The van der Waals surface area contributed by atoms with Crippen LogP contribution in [0.25, 0.3) is 0 Å². The van der Waals surface area contributed by atoms with Gasteiger partial charge in [-0.15, -0.1) is 11.3 Å². The largest absolute Gasteiger partial charge is 0.326 e. The fraction of sp³-hybridized carbons (Fsp3) is 0.421. The van der Waals surface area contributed by atoms with E-state index in [1.165, 1.54) is 17.4 Å². The smallest absolute Gasteiger partial charge is 0.250 e. The quantitative estimate of drug-likeness (QED) is 0.619. The number of carbonyl (C=O) groups excluding carboxylic acids is 1. The summed E-state index contributed by atoms with van der Waals surface area (Å²) in [5.74, 6) is -0.373. The summed E-state index contributed by atoms with van der Waals surface area (Å²) >= 11 is 4.45. The Morgan fingerprint density at radius 2 is 1.93 bits per heavy atom. The standard InChI is InChI=1S/C19H22BrFN2O3S2/c1-12-2-7-15(10-16(12)21)23-19(24)14-5-3-13(4-6-14)11-22-28(25,26)18-9-8-17(20)27-18/h2,7-10,13-14,22H,3-6,11H2,1H3,(H,23,24). The zero-order valence-electron chi connectivity index (χ0n) is 15.4. The van der Waals surface area contributed by atoms with Crippen LogP contribution < -0.4 is 10.0 Å². The summed E-state index contributed by atoms with van der Waals surface area (Å²) in [4.78, 5) is 12.4. The Morgan fingerprint density at radius 1 is 1.21 bits per heavy atom. The van der Waals surface area contributed by atoms with Gasteiger partial charge in [-0.1, -0.05) is 6.07 Å². The average Bonchev–Trinajstić information content (AvgIpc) is 3.11. The number of rotatable bonds is 6. The van der Waals surface area contributed by atoms with E-state index in [2.05, 4.69) is 26.0 Å². The van der Waals surface area contributed by atoms with Crippen LogP contribution in [0.1, 0.15) is 31.2 Å². The molecule has 2 N–H and O–H groups in total. The number of benzene rings is 1. The second-order valence-corrected chi connectivity index (χ2v) is 11.5. The molecule has 0 aliphatic heterocycles. The van der Waals surface area contributed by atoms with Crippen LogP contribution in [0.4, 0.5) is 10.1 Å². The lowest BCUT2D eigenvalue weighted by Gasteiger charge is -2.27. The molecule has 1 amide bonds. The molecule has 0 spiro atoms. The average molecular weight is 489 g/mol. The minimum atomic E-state index is -3.49. The minimum absolute atomic E-state index is 0.106. The van der Waals surface area contributed by atoms with Crippen molar-refractivity contribution in [1.29, 1.82) is 0 Å². The van der Waals surface area contributed by atoms with Crippen LogP contribution in [0.15, 0.2) is 38.3 Å². The molecule has 0 unspecified atom stereocenters. The van der Waals surface area contributed by atoms with Gasteiger partial charge in [-0.3, -0.25) is 4.79 Å². The van der Waals surface area contributed by atoms with Crippen LogP contribution in [-0.4, -0.2) is 20.9 Å². The lowest BCUT2D eigenvalue weighted by atomic mass is 9.81. The molecule has 5 nitrogen and oxygen atoms in total. The highest BCUT2D eigenvalue weighted by molar-refractivity contribution is 9.11. The zero-order chi connectivity index (χ0) is 20.3. The molecule has 0 saturated heterocycles. The second kappa shape index (κ2) is 9.02. The van der Waals surface area contributed by atoms with Gasteiger partial charge in [0.15, 0.2) is 0 Å². The van der Waals surface area contributed by atoms with E-state index in [-0.39, 0.29) is 27.8 Å². The van der Waals surface area contributed by atoms with Crippen molar-refractivity contribution in [2.45, 2.75) is 36.8 Å². The highest BCUT2D eigenvalue weighted by Crippen LogP contribution is 2.30. The van der Waals surface area contributed by atoms with Crippen molar-refractivity contribution >= 4 is 48.9 Å². The van der Waals surface area contributed by atoms with E-state index in [0.717, 1.165) is 16.6 Å². The monoisotopic (exact) mass is 488 g/mol. The Labute approximate surface area is 176 Å². The first-order valence-corrected chi connectivity index (χ1v) is 12.2. The summed E-state index contributed by atoms with van der Waals surface area (Å²) in [6, 6.07) is 7.95. The van der Waals surface area contributed by atoms with Gasteiger partial charge in [0.25, 0.3) is 0 Å². The fourth-order valence-corrected chi connectivity index (χ4v) is 6.46. The summed E-state index contributed by atoms with van der Waals surface area (Å²) in [7, 11) is -3.49. The minimum Gasteiger partial charge on any atom is -0.326 e. The van der Waals surface area contributed by atoms with E-state index in [1.54, 1.807) is 31.2 Å². The molecule has 1 aromatic heterocycles. The van der Waals surface area contributed by atoms with Crippen LogP contribution in [-0.2, 0) is 14.8 Å². The highest BCUT2D eigenvalue weighted by Gasteiger charge is 2.27. The van der Waals surface area contributed by atoms with E-state index in [1.807, 2.05) is 0 Å². The SMILES string of the molecule is Cc1ccc(NC(=O)C2CCC(CNS(=O)(=O)c3ccc(Br)s3)CC2)cc1F. The van der Waals surface area contributed by atoms with Crippen molar-refractivity contribution in [2.75, 3.05) is 11.9 Å². The summed E-state index contributed by atoms with van der Waals surface area (Å²) in [5.41, 5.74) is 1.00. The molecule has 1 fully saturated rings. The van der Waals surface area contributed by atoms with Crippen LogP contribution in [0.3, 0.4) is 0 Å². The molecule has 1 heterocycles. The topological polar surface area (TPSA) is 75.3 Å². The molecule has 3 rings (SSSR count). The molecular formula is C19H22BrFN2O3S2. The molecule has 0 radical (unpaired) electrons. The van der Waals surface area contributed by atoms with Gasteiger partial charge in [0.1, 0.15) is 10.0 Å². The maximum absolute atomic E-state index is 13.6. The number of hydrogen-bond acceptors (Lipinski definition) is 4. The summed E-state index contributed by atoms with van der Waals surface area (Å²) in [6.45, 7) is 2.04. The van der Waals surface area contributed by atoms with Crippen LogP contribution >= 0.6 is 27.3 Å². The first-order chi connectivity index (χ1) is 13.2. The van der Waals surface area contributed by atoms with Gasteiger partial charge in [-0.25, -0.2) is 17.5 Å².